The predicted molar refractivity (Wildman–Crippen MR) is 454 cm³/mol. The van der Waals surface area contributed by atoms with Crippen molar-refractivity contribution in [2.75, 3.05) is 126 Å². The Bertz CT molecular complexity index is 3860. The van der Waals surface area contributed by atoms with Crippen LogP contribution in [0, 0.1) is 27.6 Å². The molecule has 5 aliphatic heterocycles. The fraction of sp³-hybridized carbons (Fsp3) is 1.00. The second-order valence-electron chi connectivity index (χ2n) is 34.7. The fourth-order valence-corrected chi connectivity index (χ4v) is 20.6. The van der Waals surface area contributed by atoms with Gasteiger partial charge in [0.2, 0.25) is 0 Å². The molecule has 0 bridgehead atoms. The van der Waals surface area contributed by atoms with Crippen LogP contribution in [0.25, 0.3) is 0 Å². The zero-order chi connectivity index (χ0) is 103. The first kappa shape index (κ1) is 133. The van der Waals surface area contributed by atoms with Crippen molar-refractivity contribution in [2.24, 2.45) is 27.6 Å². The maximum absolute atomic E-state index is 12.1. The number of ether oxygens (including phenoxy) is 5. The molecule has 25 unspecified atom stereocenters. The van der Waals surface area contributed by atoms with E-state index in [0.29, 0.717) is 6.42 Å². The Balaban J connectivity index is 0.000000850. The summed E-state index contributed by atoms with van der Waals surface area (Å²) in [6, 6.07) is -3.05. The Morgan fingerprint density at radius 2 is 0.433 bits per heavy atom. The lowest BCUT2D eigenvalue weighted by atomic mass is 9.85. The number of phosphoric ester groups is 10. The van der Waals surface area contributed by atoms with E-state index in [2.05, 4.69) is 49.8 Å². The molecule has 134 heavy (non-hydrogen) atoms. The van der Waals surface area contributed by atoms with Crippen LogP contribution in [0.4, 0.5) is 0 Å². The van der Waals surface area contributed by atoms with E-state index < -0.39 is 228 Å². The van der Waals surface area contributed by atoms with Gasteiger partial charge in [0.05, 0.1) is 168 Å². The lowest BCUT2D eigenvalue weighted by molar-refractivity contribution is -0.342. The summed E-state index contributed by atoms with van der Waals surface area (Å²) in [5.41, 5.74) is -1.56. The van der Waals surface area contributed by atoms with Crippen molar-refractivity contribution in [3.8, 4) is 0 Å². The SMILES string of the molecule is [B]C1CC(OP(=O)([O-])OCCCO)C(C(C)C)O1.[B]C1CC(OP(=O)([O-])OCCCOP(=O)([O-])OCCCO)C(C(C)(C)C)O1.[B]C1CC(OP(=O)([O-])OCCCOP(=O)([O-])OCCCOP(=O)([O-])OCCCO)C(C(C)(C)C)O1.[B]C1CC(OP(=O)([O-])OCCCOP(=O)([O-])OCCCOP(=O)([O-])[O-])C(C(C)(C)C)O1.[B]C1CC(OP(=O)([O-])OCCCOP(C)(=O)[O-])C(C(C)(C)C)O1. The minimum Gasteiger partial charge on any atom is -0.790 e. The van der Waals surface area contributed by atoms with Gasteiger partial charge in [0.25, 0.3) is 70.4 Å². The molecule has 0 amide bonds. The van der Waals surface area contributed by atoms with Gasteiger partial charge in [-0.1, -0.05) is 96.9 Å². The molecule has 25 atom stereocenters. The molecule has 3 N–H and O–H groups in total. The number of hydrogen-bond donors (Lipinski definition) is 3. The van der Waals surface area contributed by atoms with E-state index in [1.165, 1.54) is 0 Å². The van der Waals surface area contributed by atoms with E-state index in [-0.39, 0.29) is 179 Å². The number of rotatable bonds is 59. The van der Waals surface area contributed by atoms with Crippen LogP contribution in [0.1, 0.15) is 187 Å². The van der Waals surface area contributed by atoms with Gasteiger partial charge in [-0.05, 0) is 117 Å². The highest BCUT2D eigenvalue weighted by Crippen LogP contribution is 2.53. The molecule has 5 heterocycles. The van der Waals surface area contributed by atoms with Crippen LogP contribution in [0.2, 0.25) is 0 Å². The van der Waals surface area contributed by atoms with E-state index in [4.69, 9.17) is 119 Å². The molecule has 0 spiro atoms. The third-order valence-corrected chi connectivity index (χ3v) is 27.8. The summed E-state index contributed by atoms with van der Waals surface area (Å²) in [7, 11) is -21.8. The molecule has 0 aromatic rings. The molecule has 5 saturated heterocycles. The average Bonchev–Trinajstić information content (AvgIpc) is 1.67. The number of aliphatic hydroxyl groups is 3. The van der Waals surface area contributed by atoms with Gasteiger partial charge in [-0.25, -0.2) is 0 Å². The molecule has 5 aliphatic rings. The molecule has 51 nitrogen and oxygen atoms in total. The summed E-state index contributed by atoms with van der Waals surface area (Å²) in [5, 5.41) is 25.7. The third kappa shape index (κ3) is 63.1. The third-order valence-electron chi connectivity index (χ3n) is 17.5. The summed E-state index contributed by atoms with van der Waals surface area (Å²) in [4.78, 5) is 137. The van der Waals surface area contributed by atoms with Gasteiger partial charge in [0.1, 0.15) is 46.8 Å². The van der Waals surface area contributed by atoms with Crippen LogP contribution in [-0.2, 0) is 164 Å². The fourth-order valence-electron chi connectivity index (χ4n) is 12.0. The van der Waals surface area contributed by atoms with Crippen molar-refractivity contribution in [3.63, 3.8) is 0 Å². The Labute approximate surface area is 790 Å². The summed E-state index contributed by atoms with van der Waals surface area (Å²) in [6.45, 7) is 21.6. The topological polar surface area (TPSA) is 756 Å². The highest BCUT2D eigenvalue weighted by molar-refractivity contribution is 7.50. The van der Waals surface area contributed by atoms with Crippen molar-refractivity contribution >= 4 is 125 Å². The first-order valence-electron chi connectivity index (χ1n) is 42.2. The van der Waals surface area contributed by atoms with Crippen LogP contribution in [0.15, 0.2) is 0 Å². The van der Waals surface area contributed by atoms with Crippen LogP contribution in [0.3, 0.4) is 0 Å². The van der Waals surface area contributed by atoms with Crippen molar-refractivity contribution in [1.82, 2.24) is 0 Å². The molecule has 0 aromatic carbocycles. The van der Waals surface area contributed by atoms with Crippen molar-refractivity contribution in [2.45, 2.75) is 278 Å². The zero-order valence-corrected chi connectivity index (χ0v) is 87.4. The molecular weight excluding hydrogens is 2020 g/mol. The second-order valence-corrected chi connectivity index (χ2v) is 50.1. The molecule has 5 fully saturated rings. The van der Waals surface area contributed by atoms with Crippen molar-refractivity contribution < 1.29 is 238 Å². The van der Waals surface area contributed by atoms with Gasteiger partial charge in [0.15, 0.2) is 0 Å². The Hall–Kier alpha value is 1.25. The number of hydrogen-bond acceptors (Lipinski definition) is 51. The molecular formula is C67H128B5O51P11-12. The largest absolute Gasteiger partial charge is 0.790 e. The van der Waals surface area contributed by atoms with E-state index in [9.17, 15) is 109 Å². The molecule has 67 heteroatoms. The molecule has 784 valence electrons. The van der Waals surface area contributed by atoms with Gasteiger partial charge in [-0.3, -0.25) is 41.1 Å². The standard InChI is InChI=1S/C17H36BO14P3.C14H30BO13P3.C14H29BO10P2.C12H25BO8P2.C10H20BO6P/c1-17(2,3)16-14(13-15(18)31-16)32-35(24,25)30-12-6-11-29-34(22,23)28-10-5-9-27-33(20,21)26-8-4-7-19;1-14(2,3)13-11(10-12(15)27-13)28-31(21,22)26-9-5-8-25-30(19,20)24-7-4-6-23-29(16,17)18;1-14(2,3)13-11(10-12(15)24-13)25-27(19,20)23-9-5-8-22-26(17,18)21-7-4-6-16;1-12(2,3)11-9(8-10(13)20-11)21-23(16,17)19-7-5-6-18-22(4,14)15;1-7(2)10-8(6-9(11)16-10)17-18(13,14)15-5-3-4-12/h14-16,19H,4-13H2,1-3H3,(H,20,21)(H,22,23)(H,24,25);11-13H,4-10H2,1-3H3,(H,19,20)(H,21,22)(H2,16,17,18);11-13,16H,4-10H2,1-3H3,(H,17,18)(H,19,20);9-11H,5-8H2,1-4H3,(H,14,15)(H,16,17);7-10,12H,3-6H2,1-2H3,(H,13,14)/p-12. The zero-order valence-electron chi connectivity index (χ0n) is 77.6. The normalized spacial score (nSPS) is 28.2. The van der Waals surface area contributed by atoms with Gasteiger partial charge < -0.3 is 197 Å². The van der Waals surface area contributed by atoms with Gasteiger partial charge in [0, 0.05) is 56.5 Å². The van der Waals surface area contributed by atoms with Crippen LogP contribution >= 0.6 is 85.8 Å². The number of phosphoric acid groups is 10. The van der Waals surface area contributed by atoms with E-state index in [1.54, 1.807) is 0 Å². The summed E-state index contributed by atoms with van der Waals surface area (Å²) in [5.74, 6) is 0.0981. The van der Waals surface area contributed by atoms with Gasteiger partial charge in [-0.15, -0.1) is 0 Å². The first-order valence-corrected chi connectivity index (χ1v) is 58.8. The van der Waals surface area contributed by atoms with Gasteiger partial charge >= 0.3 is 0 Å². The maximum Gasteiger partial charge on any atom is 0.268 e. The molecule has 0 aliphatic carbocycles. The second kappa shape index (κ2) is 61.9. The van der Waals surface area contributed by atoms with E-state index >= 15 is 0 Å². The lowest BCUT2D eigenvalue weighted by Gasteiger charge is -2.34. The summed E-state index contributed by atoms with van der Waals surface area (Å²) >= 11 is 0. The van der Waals surface area contributed by atoms with Crippen LogP contribution in [0.5, 0.6) is 0 Å². The quantitative estimate of drug-likeness (QED) is 0.0436. The molecule has 5 rings (SSSR count). The minimum atomic E-state index is -5.13. The minimum absolute atomic E-state index is 0.0193. The summed E-state index contributed by atoms with van der Waals surface area (Å²) < 4.78 is 247. The monoisotopic (exact) mass is 2140 g/mol. The maximum atomic E-state index is 12.1. The first-order chi connectivity index (χ1) is 61.1. The van der Waals surface area contributed by atoms with Crippen molar-refractivity contribution in [3.05, 3.63) is 0 Å². The molecule has 10 radical (unpaired) electrons. The van der Waals surface area contributed by atoms with E-state index in [0.717, 1.165) is 6.66 Å². The highest BCUT2D eigenvalue weighted by Gasteiger charge is 2.47. The highest BCUT2D eigenvalue weighted by atomic mass is 31.2. The summed E-state index contributed by atoms with van der Waals surface area (Å²) in [6.07, 6.45) is -4.99. The predicted octanol–water partition coefficient (Wildman–Crippen LogP) is 1.08. The van der Waals surface area contributed by atoms with Crippen molar-refractivity contribution in [1.29, 1.82) is 0 Å². The van der Waals surface area contributed by atoms with E-state index in [1.807, 2.05) is 96.9 Å². The molecule has 0 saturated carbocycles. The smallest absolute Gasteiger partial charge is 0.268 e. The Kier molecular flexibility index (Phi) is 61.6. The molecule has 0 aromatic heterocycles. The Morgan fingerprint density at radius 3 is 0.612 bits per heavy atom. The number of aliphatic hydroxyl groups excluding tert-OH is 3. The van der Waals surface area contributed by atoms with Crippen LogP contribution < -0.4 is 58.7 Å². The van der Waals surface area contributed by atoms with Gasteiger partial charge in [-0.2, -0.15) is 0 Å². The average molecular weight is 2140 g/mol. The Morgan fingerprint density at radius 1 is 0.269 bits per heavy atom. The van der Waals surface area contributed by atoms with Crippen LogP contribution in [-0.4, -0.2) is 271 Å². The lowest BCUT2D eigenvalue weighted by Crippen LogP contribution is -2.37.